The van der Waals surface area contributed by atoms with Crippen LogP contribution in [0.15, 0.2) is 36.7 Å². The van der Waals surface area contributed by atoms with Gasteiger partial charge in [0.2, 0.25) is 17.6 Å². The minimum absolute atomic E-state index is 0.101. The zero-order valence-corrected chi connectivity index (χ0v) is 13.7. The van der Waals surface area contributed by atoms with Crippen molar-refractivity contribution in [3.63, 3.8) is 0 Å². The van der Waals surface area contributed by atoms with Gasteiger partial charge in [-0.25, -0.2) is 9.97 Å². The minimum Gasteiger partial charge on any atom is -0.363 e. The van der Waals surface area contributed by atoms with E-state index in [0.717, 1.165) is 11.3 Å². The number of anilines is 2. The largest absolute Gasteiger partial charge is 0.363 e. The molecule has 0 radical (unpaired) electrons. The molecule has 3 heterocycles. The molecule has 1 saturated heterocycles. The van der Waals surface area contributed by atoms with Crippen LogP contribution in [0.1, 0.15) is 22.6 Å². The summed E-state index contributed by atoms with van der Waals surface area (Å²) in [6.45, 7) is 0.380. The maximum atomic E-state index is 12.5. The van der Waals surface area contributed by atoms with Crippen LogP contribution in [0.25, 0.3) is 0 Å². The third kappa shape index (κ3) is 2.49. The van der Waals surface area contributed by atoms with Gasteiger partial charge in [-0.05, 0) is 18.1 Å². The summed E-state index contributed by atoms with van der Waals surface area (Å²) in [4.78, 5) is 43.6. The van der Waals surface area contributed by atoms with Crippen LogP contribution in [-0.2, 0) is 15.0 Å². The number of fused-ring (bicyclic) bond motifs is 2. The molecule has 3 amide bonds. The Balaban J connectivity index is 1.49. The Hall–Kier alpha value is -3.33. The van der Waals surface area contributed by atoms with Crippen molar-refractivity contribution in [2.24, 2.45) is 5.73 Å². The van der Waals surface area contributed by atoms with Crippen LogP contribution in [0.2, 0.25) is 0 Å². The van der Waals surface area contributed by atoms with Gasteiger partial charge in [-0.3, -0.25) is 14.4 Å². The summed E-state index contributed by atoms with van der Waals surface area (Å²) in [6.07, 6.45) is 2.97. The Kier molecular flexibility index (Phi) is 3.66. The Morgan fingerprint density at radius 2 is 1.96 bits per heavy atom. The number of para-hydroxylation sites is 1. The first-order chi connectivity index (χ1) is 12.5. The molecule has 0 saturated carbocycles. The fourth-order valence-electron chi connectivity index (χ4n) is 3.48. The van der Waals surface area contributed by atoms with Crippen LogP contribution < -0.4 is 21.7 Å². The van der Waals surface area contributed by atoms with Crippen molar-refractivity contribution >= 4 is 29.1 Å². The number of nitrogens with one attached hydrogen (secondary N) is 3. The van der Waals surface area contributed by atoms with Crippen molar-refractivity contribution in [1.29, 1.82) is 0 Å². The fraction of sp³-hybridized carbons (Fsp3) is 0.235. The van der Waals surface area contributed by atoms with Crippen LogP contribution in [0.3, 0.4) is 0 Å². The molecule has 2 aliphatic rings. The lowest BCUT2D eigenvalue weighted by molar-refractivity contribution is -0.120. The van der Waals surface area contributed by atoms with Gasteiger partial charge < -0.3 is 21.7 Å². The zero-order valence-electron chi connectivity index (χ0n) is 13.7. The number of primary amides is 1. The smallest absolute Gasteiger partial charge is 0.286 e. The van der Waals surface area contributed by atoms with Gasteiger partial charge in [0.15, 0.2) is 0 Å². The second kappa shape index (κ2) is 5.88. The van der Waals surface area contributed by atoms with Crippen molar-refractivity contribution in [2.45, 2.75) is 17.9 Å². The standard InChI is InChI=1S/C17H16N6O3/c18-13(24)14-19-6-9(7-20-14)22-15(25)12-5-17(8-21-12)10-3-1-2-4-11(10)23-16(17)26/h1-4,6-7,12,21H,5,8H2,(H2,18,24)(H,22,25)(H,23,26). The molecule has 132 valence electrons. The molecule has 0 bridgehead atoms. The van der Waals surface area contributed by atoms with Gasteiger partial charge in [0.25, 0.3) is 5.91 Å². The molecule has 0 aliphatic carbocycles. The molecule has 4 rings (SSSR count). The molecule has 1 aromatic carbocycles. The number of rotatable bonds is 3. The molecule has 9 nitrogen and oxygen atoms in total. The lowest BCUT2D eigenvalue weighted by Crippen LogP contribution is -2.36. The summed E-state index contributed by atoms with van der Waals surface area (Å²) in [5, 5.41) is 8.69. The normalized spacial score (nSPS) is 23.5. The fourth-order valence-corrected chi connectivity index (χ4v) is 3.48. The Bertz CT molecular complexity index is 913. The van der Waals surface area contributed by atoms with E-state index in [9.17, 15) is 14.4 Å². The van der Waals surface area contributed by atoms with E-state index < -0.39 is 17.4 Å². The number of carbonyl (C=O) groups is 3. The number of hydrogen-bond acceptors (Lipinski definition) is 6. The zero-order chi connectivity index (χ0) is 18.3. The first-order valence-corrected chi connectivity index (χ1v) is 8.07. The van der Waals surface area contributed by atoms with E-state index in [0.29, 0.717) is 18.7 Å². The Morgan fingerprint density at radius 1 is 1.23 bits per heavy atom. The molecule has 2 unspecified atom stereocenters. The number of nitrogens with zero attached hydrogens (tertiary/aromatic N) is 2. The third-order valence-corrected chi connectivity index (χ3v) is 4.78. The highest BCUT2D eigenvalue weighted by Gasteiger charge is 2.52. The predicted molar refractivity (Wildman–Crippen MR) is 92.3 cm³/mol. The monoisotopic (exact) mass is 352 g/mol. The number of carbonyl (C=O) groups excluding carboxylic acids is 3. The molecular formula is C17H16N6O3. The number of aromatic nitrogens is 2. The van der Waals surface area contributed by atoms with E-state index in [-0.39, 0.29) is 17.6 Å². The van der Waals surface area contributed by atoms with Gasteiger partial charge in [0, 0.05) is 12.2 Å². The van der Waals surface area contributed by atoms with Crippen molar-refractivity contribution in [1.82, 2.24) is 15.3 Å². The first-order valence-electron chi connectivity index (χ1n) is 8.07. The van der Waals surface area contributed by atoms with Gasteiger partial charge in [0.05, 0.1) is 29.5 Å². The number of hydrogen-bond donors (Lipinski definition) is 4. The Morgan fingerprint density at radius 3 is 2.69 bits per heavy atom. The quantitative estimate of drug-likeness (QED) is 0.601. The average molecular weight is 352 g/mol. The molecular weight excluding hydrogens is 336 g/mol. The summed E-state index contributed by atoms with van der Waals surface area (Å²) >= 11 is 0. The lowest BCUT2D eigenvalue weighted by atomic mass is 9.79. The SMILES string of the molecule is NC(=O)c1ncc(NC(=O)C2CC3(CN2)C(=O)Nc2ccccc23)cn1. The summed E-state index contributed by atoms with van der Waals surface area (Å²) in [5.41, 5.74) is 6.38. The van der Waals surface area contributed by atoms with Gasteiger partial charge in [-0.1, -0.05) is 18.2 Å². The second-order valence-electron chi connectivity index (χ2n) is 6.37. The number of amides is 3. The van der Waals surface area contributed by atoms with E-state index >= 15 is 0 Å². The van der Waals surface area contributed by atoms with Crippen LogP contribution in [-0.4, -0.2) is 40.3 Å². The molecule has 1 fully saturated rings. The highest BCUT2D eigenvalue weighted by molar-refractivity contribution is 6.08. The van der Waals surface area contributed by atoms with Crippen LogP contribution >= 0.6 is 0 Å². The predicted octanol–water partition coefficient (Wildman–Crippen LogP) is -0.234. The van der Waals surface area contributed by atoms with Crippen LogP contribution in [0, 0.1) is 0 Å². The number of nitrogens with two attached hydrogens (primary N) is 1. The molecule has 9 heteroatoms. The maximum absolute atomic E-state index is 12.5. The molecule has 2 aromatic rings. The molecule has 2 atom stereocenters. The van der Waals surface area contributed by atoms with Crippen LogP contribution in [0.4, 0.5) is 11.4 Å². The van der Waals surface area contributed by atoms with E-state index in [4.69, 9.17) is 5.73 Å². The molecule has 1 aromatic heterocycles. The average Bonchev–Trinajstić information content (AvgIpc) is 3.19. The maximum Gasteiger partial charge on any atom is 0.286 e. The molecule has 1 spiro atoms. The summed E-state index contributed by atoms with van der Waals surface area (Å²) in [6, 6.07) is 6.97. The first kappa shape index (κ1) is 16.2. The summed E-state index contributed by atoms with van der Waals surface area (Å²) < 4.78 is 0. The van der Waals surface area contributed by atoms with Gasteiger partial charge >= 0.3 is 0 Å². The van der Waals surface area contributed by atoms with Gasteiger partial charge in [0.1, 0.15) is 0 Å². The topological polar surface area (TPSA) is 139 Å². The van der Waals surface area contributed by atoms with Gasteiger partial charge in [-0.15, -0.1) is 0 Å². The van der Waals surface area contributed by atoms with E-state index in [2.05, 4.69) is 25.9 Å². The van der Waals surface area contributed by atoms with Crippen molar-refractivity contribution < 1.29 is 14.4 Å². The highest BCUT2D eigenvalue weighted by atomic mass is 16.2. The summed E-state index contributed by atoms with van der Waals surface area (Å²) in [7, 11) is 0. The van der Waals surface area contributed by atoms with E-state index in [1.165, 1.54) is 12.4 Å². The third-order valence-electron chi connectivity index (χ3n) is 4.78. The van der Waals surface area contributed by atoms with Crippen molar-refractivity contribution in [3.05, 3.63) is 48.0 Å². The van der Waals surface area contributed by atoms with E-state index in [1.54, 1.807) is 0 Å². The lowest BCUT2D eigenvalue weighted by Gasteiger charge is -2.20. The highest BCUT2D eigenvalue weighted by Crippen LogP contribution is 2.43. The second-order valence-corrected chi connectivity index (χ2v) is 6.37. The molecule has 26 heavy (non-hydrogen) atoms. The minimum atomic E-state index is -0.745. The van der Waals surface area contributed by atoms with Gasteiger partial charge in [-0.2, -0.15) is 0 Å². The Labute approximate surface area is 148 Å². The van der Waals surface area contributed by atoms with Crippen molar-refractivity contribution in [2.75, 3.05) is 17.2 Å². The molecule has 2 aliphatic heterocycles. The van der Waals surface area contributed by atoms with Crippen molar-refractivity contribution in [3.8, 4) is 0 Å². The van der Waals surface area contributed by atoms with E-state index in [1.807, 2.05) is 24.3 Å². The number of benzene rings is 1. The molecule has 5 N–H and O–H groups in total. The summed E-state index contributed by atoms with van der Waals surface area (Å²) in [5.74, 6) is -1.27. The van der Waals surface area contributed by atoms with Crippen LogP contribution in [0.5, 0.6) is 0 Å².